The average Bonchev–Trinajstić information content (AvgIpc) is 2.29. The Bertz CT molecular complexity index is 521. The van der Waals surface area contributed by atoms with E-state index in [0.29, 0.717) is 12.0 Å². The van der Waals surface area contributed by atoms with Crippen molar-refractivity contribution in [3.8, 4) is 11.8 Å². The van der Waals surface area contributed by atoms with E-state index in [4.69, 9.17) is 0 Å². The van der Waals surface area contributed by atoms with Gasteiger partial charge in [0.25, 0.3) is 0 Å². The summed E-state index contributed by atoms with van der Waals surface area (Å²) >= 11 is 1.29. The third-order valence-electron chi connectivity index (χ3n) is 2.39. The van der Waals surface area contributed by atoms with Gasteiger partial charge in [-0.25, -0.2) is 0 Å². The Hall–Kier alpha value is -1.53. The number of rotatable bonds is 3. The van der Waals surface area contributed by atoms with Crippen LogP contribution in [0.25, 0.3) is 0 Å². The molecule has 0 N–H and O–H groups in total. The summed E-state index contributed by atoms with van der Waals surface area (Å²) in [6.45, 7) is 5.06. The number of aryl methyl sites for hydroxylation is 1. The highest BCUT2D eigenvalue weighted by molar-refractivity contribution is 8.13. The number of carbonyl (C=O) groups excluding carboxylic acids is 2. The van der Waals surface area contributed by atoms with Crippen LogP contribution in [-0.2, 0) is 4.79 Å². The maximum absolute atomic E-state index is 11.2. The predicted octanol–water partition coefficient (Wildman–Crippen LogP) is 3.22. The molecule has 0 unspecified atom stereocenters. The molecule has 0 aliphatic carbocycles. The molecule has 0 saturated carbocycles. The molecule has 0 saturated heterocycles. The molecular formula is C15H16O2S. The number of carbonyl (C=O) groups is 2. The highest BCUT2D eigenvalue weighted by Gasteiger charge is 2.01. The lowest BCUT2D eigenvalue weighted by atomic mass is 10.0. The Morgan fingerprint density at radius 2 is 2.00 bits per heavy atom. The molecule has 94 valence electrons. The van der Waals surface area contributed by atoms with Gasteiger partial charge < -0.3 is 0 Å². The molecule has 0 aliphatic rings. The largest absolute Gasteiger partial charge is 0.295 e. The first-order valence-corrected chi connectivity index (χ1v) is 6.73. The predicted molar refractivity (Wildman–Crippen MR) is 75.8 cm³/mol. The van der Waals surface area contributed by atoms with Crippen LogP contribution in [0.2, 0.25) is 0 Å². The van der Waals surface area contributed by atoms with Crippen LogP contribution in [0.5, 0.6) is 0 Å². The van der Waals surface area contributed by atoms with Crippen molar-refractivity contribution in [2.75, 3.05) is 5.75 Å². The van der Waals surface area contributed by atoms with Crippen LogP contribution >= 0.6 is 11.8 Å². The van der Waals surface area contributed by atoms with Crippen LogP contribution in [0, 0.1) is 18.8 Å². The molecule has 0 atom stereocenters. The van der Waals surface area contributed by atoms with E-state index in [1.807, 2.05) is 19.1 Å². The minimum absolute atomic E-state index is 0.0652. The molecule has 0 aliphatic heterocycles. The molecule has 1 aromatic carbocycles. The quantitative estimate of drug-likeness (QED) is 0.475. The number of hydrogen-bond acceptors (Lipinski definition) is 3. The maximum atomic E-state index is 11.2. The summed E-state index contributed by atoms with van der Waals surface area (Å²) < 4.78 is 0. The summed E-state index contributed by atoms with van der Waals surface area (Å²) in [6.07, 6.45) is 0.693. The second-order valence-electron chi connectivity index (χ2n) is 3.98. The zero-order valence-electron chi connectivity index (χ0n) is 10.9. The fraction of sp³-hybridized carbons (Fsp3) is 0.333. The van der Waals surface area contributed by atoms with Gasteiger partial charge in [0.2, 0.25) is 0 Å². The molecule has 1 aromatic rings. The molecule has 3 heteroatoms. The van der Waals surface area contributed by atoms with Gasteiger partial charge in [-0.3, -0.25) is 9.59 Å². The first-order chi connectivity index (χ1) is 8.50. The van der Waals surface area contributed by atoms with E-state index in [2.05, 4.69) is 11.8 Å². The van der Waals surface area contributed by atoms with Crippen LogP contribution in [-0.4, -0.2) is 16.7 Å². The molecule has 0 amide bonds. The molecule has 0 aromatic heterocycles. The zero-order chi connectivity index (χ0) is 13.5. The van der Waals surface area contributed by atoms with E-state index in [0.717, 1.165) is 16.9 Å². The molecule has 0 spiro atoms. The van der Waals surface area contributed by atoms with Crippen molar-refractivity contribution < 1.29 is 9.59 Å². The van der Waals surface area contributed by atoms with Gasteiger partial charge in [0, 0.05) is 30.2 Å². The lowest BCUT2D eigenvalue weighted by Crippen LogP contribution is -1.93. The van der Waals surface area contributed by atoms with Gasteiger partial charge >= 0.3 is 0 Å². The van der Waals surface area contributed by atoms with Gasteiger partial charge in [0.1, 0.15) is 0 Å². The van der Waals surface area contributed by atoms with Gasteiger partial charge in [0.05, 0.1) is 0 Å². The van der Waals surface area contributed by atoms with Gasteiger partial charge in [-0.2, -0.15) is 0 Å². The number of Topliss-reactive ketones (excluding diaryl/α,β-unsaturated/α-hetero) is 1. The lowest BCUT2D eigenvalue weighted by molar-refractivity contribution is -0.109. The molecule has 2 nitrogen and oxygen atoms in total. The fourth-order valence-electron chi connectivity index (χ4n) is 1.43. The minimum Gasteiger partial charge on any atom is -0.295 e. The standard InChI is InChI=1S/C15H16O2S/c1-11-10-15(12(2)16)8-7-14(11)6-4-5-9-18-13(3)17/h7-8,10H,5,9H2,1-3H3. The van der Waals surface area contributed by atoms with Crippen LogP contribution in [0.4, 0.5) is 0 Å². The van der Waals surface area contributed by atoms with Crippen LogP contribution < -0.4 is 0 Å². The van der Waals surface area contributed by atoms with Crippen LogP contribution in [0.15, 0.2) is 18.2 Å². The molecule has 18 heavy (non-hydrogen) atoms. The number of hydrogen-bond donors (Lipinski definition) is 0. The summed E-state index contributed by atoms with van der Waals surface area (Å²) in [7, 11) is 0. The van der Waals surface area contributed by atoms with Crippen LogP contribution in [0.1, 0.15) is 41.8 Å². The summed E-state index contributed by atoms with van der Waals surface area (Å²) in [5.74, 6) is 6.90. The number of ketones is 1. The number of thioether (sulfide) groups is 1. The average molecular weight is 260 g/mol. The van der Waals surface area contributed by atoms with Crippen molar-refractivity contribution in [1.82, 2.24) is 0 Å². The van der Waals surface area contributed by atoms with Crippen molar-refractivity contribution in [3.63, 3.8) is 0 Å². The SMILES string of the molecule is CC(=O)SCCC#Cc1ccc(C(C)=O)cc1C. The Morgan fingerprint density at radius 3 is 2.56 bits per heavy atom. The van der Waals surface area contributed by atoms with E-state index < -0.39 is 0 Å². The molecule has 0 bridgehead atoms. The van der Waals surface area contributed by atoms with Crippen molar-refractivity contribution in [2.24, 2.45) is 0 Å². The van der Waals surface area contributed by atoms with E-state index in [1.54, 1.807) is 19.9 Å². The smallest absolute Gasteiger partial charge is 0.185 e. The summed E-state index contributed by atoms with van der Waals surface area (Å²) in [5.41, 5.74) is 2.66. The molecule has 0 heterocycles. The fourth-order valence-corrected chi connectivity index (χ4v) is 1.92. The van der Waals surface area contributed by atoms with Gasteiger partial charge in [-0.05, 0) is 31.5 Å². The van der Waals surface area contributed by atoms with Crippen LogP contribution in [0.3, 0.4) is 0 Å². The normalized spacial score (nSPS) is 9.50. The maximum Gasteiger partial charge on any atom is 0.185 e. The van der Waals surface area contributed by atoms with Crippen molar-refractivity contribution >= 4 is 22.7 Å². The zero-order valence-corrected chi connectivity index (χ0v) is 11.7. The number of benzene rings is 1. The first-order valence-electron chi connectivity index (χ1n) is 5.74. The molecule has 1 rings (SSSR count). The third kappa shape index (κ3) is 4.77. The molecule has 0 fully saturated rings. The van der Waals surface area contributed by atoms with Gasteiger partial charge in [-0.1, -0.05) is 29.7 Å². The second kappa shape index (κ2) is 7.03. The Balaban J connectivity index is 2.65. The van der Waals surface area contributed by atoms with Gasteiger partial charge in [0.15, 0.2) is 10.9 Å². The highest BCUT2D eigenvalue weighted by Crippen LogP contribution is 2.11. The highest BCUT2D eigenvalue weighted by atomic mass is 32.2. The first kappa shape index (κ1) is 14.5. The Kier molecular flexibility index (Phi) is 5.67. The van der Waals surface area contributed by atoms with E-state index in [1.165, 1.54) is 11.8 Å². The molecular weight excluding hydrogens is 244 g/mol. The lowest BCUT2D eigenvalue weighted by Gasteiger charge is -2.00. The third-order valence-corrected chi connectivity index (χ3v) is 3.20. The summed E-state index contributed by atoms with van der Waals surface area (Å²) in [4.78, 5) is 21.9. The van der Waals surface area contributed by atoms with E-state index >= 15 is 0 Å². The minimum atomic E-state index is 0.0652. The van der Waals surface area contributed by atoms with Crippen molar-refractivity contribution in [3.05, 3.63) is 34.9 Å². The van der Waals surface area contributed by atoms with Gasteiger partial charge in [-0.15, -0.1) is 0 Å². The second-order valence-corrected chi connectivity index (χ2v) is 5.25. The van der Waals surface area contributed by atoms with E-state index in [9.17, 15) is 9.59 Å². The molecule has 0 radical (unpaired) electrons. The van der Waals surface area contributed by atoms with E-state index in [-0.39, 0.29) is 10.9 Å². The summed E-state index contributed by atoms with van der Waals surface area (Å²) in [6, 6.07) is 5.53. The monoisotopic (exact) mass is 260 g/mol. The topological polar surface area (TPSA) is 34.1 Å². The summed E-state index contributed by atoms with van der Waals surface area (Å²) in [5, 5.41) is 0.124. The van der Waals surface area contributed by atoms with Crippen molar-refractivity contribution in [2.45, 2.75) is 27.2 Å². The van der Waals surface area contributed by atoms with Crippen molar-refractivity contribution in [1.29, 1.82) is 0 Å². The Morgan fingerprint density at radius 1 is 1.28 bits per heavy atom. The Labute approximate surface area is 112 Å².